The first-order chi connectivity index (χ1) is 37.0. The van der Waals surface area contributed by atoms with E-state index in [1.165, 1.54) is 95.7 Å². The molecule has 8 aromatic carbocycles. The molecule has 0 N–H and O–H groups in total. The van der Waals surface area contributed by atoms with Crippen molar-refractivity contribution >= 4 is 85.5 Å². The van der Waals surface area contributed by atoms with Gasteiger partial charge in [-0.15, -0.1) is 0 Å². The van der Waals surface area contributed by atoms with Crippen LogP contribution in [0.3, 0.4) is 0 Å². The fourth-order valence-electron chi connectivity index (χ4n) is 14.1. The summed E-state index contributed by atoms with van der Waals surface area (Å²) in [6.45, 7) is 33.2. The first-order valence-electron chi connectivity index (χ1n) is 28.8. The summed E-state index contributed by atoms with van der Waals surface area (Å²) >= 11 is 0. The number of benzene rings is 8. The lowest BCUT2D eigenvalue weighted by Crippen LogP contribution is -2.61. The molecule has 0 spiro atoms. The minimum absolute atomic E-state index is 0.0127. The van der Waals surface area contributed by atoms with Crippen molar-refractivity contribution in [2.45, 2.75) is 150 Å². The summed E-state index contributed by atoms with van der Waals surface area (Å²) in [7, 11) is 0. The van der Waals surface area contributed by atoms with Crippen LogP contribution >= 0.6 is 0 Å². The second-order valence-corrected chi connectivity index (χ2v) is 27.3. The van der Waals surface area contributed by atoms with E-state index < -0.39 is 0 Å². The lowest BCUT2D eigenvalue weighted by molar-refractivity contribution is 0.332. The van der Waals surface area contributed by atoms with Gasteiger partial charge in [0.15, 0.2) is 0 Å². The second kappa shape index (κ2) is 17.4. The third-order valence-electron chi connectivity index (χ3n) is 19.0. The molecule has 78 heavy (non-hydrogen) atoms. The maximum atomic E-state index is 7.57. The van der Waals surface area contributed by atoms with Crippen molar-refractivity contribution in [2.24, 2.45) is 0 Å². The molecule has 392 valence electrons. The van der Waals surface area contributed by atoms with Crippen molar-refractivity contribution in [1.29, 1.82) is 0 Å². The number of rotatable bonds is 6. The van der Waals surface area contributed by atoms with Crippen molar-refractivity contribution < 1.29 is 4.42 Å². The highest BCUT2D eigenvalue weighted by Gasteiger charge is 2.49. The van der Waals surface area contributed by atoms with E-state index in [0.717, 1.165) is 64.3 Å². The van der Waals surface area contributed by atoms with Crippen LogP contribution in [0.2, 0.25) is 0 Å². The molecular formula is C73H76BN3O. The Morgan fingerprint density at radius 2 is 1.06 bits per heavy atom. The first-order valence-corrected chi connectivity index (χ1v) is 28.8. The molecule has 0 unspecified atom stereocenters. The molecule has 13 rings (SSSR count). The van der Waals surface area contributed by atoms with Gasteiger partial charge in [-0.3, -0.25) is 0 Å². The lowest BCUT2D eigenvalue weighted by atomic mass is 9.35. The van der Waals surface area contributed by atoms with Crippen molar-refractivity contribution in [2.75, 3.05) is 14.7 Å². The van der Waals surface area contributed by atoms with Crippen LogP contribution in [0.5, 0.6) is 0 Å². The maximum absolute atomic E-state index is 7.57. The van der Waals surface area contributed by atoms with E-state index in [2.05, 4.69) is 269 Å². The summed E-state index contributed by atoms with van der Waals surface area (Å²) in [6.07, 6.45) is 4.57. The molecule has 0 saturated carbocycles. The summed E-state index contributed by atoms with van der Waals surface area (Å²) < 4.78 is 7.57. The van der Waals surface area contributed by atoms with Gasteiger partial charge in [0.1, 0.15) is 5.58 Å². The zero-order valence-electron chi connectivity index (χ0n) is 48.7. The summed E-state index contributed by atoms with van der Waals surface area (Å²) in [5.74, 6) is 0. The topological polar surface area (TPSA) is 22.9 Å². The van der Waals surface area contributed by atoms with Crippen molar-refractivity contribution in [3.8, 4) is 11.1 Å². The van der Waals surface area contributed by atoms with E-state index in [4.69, 9.17) is 4.42 Å². The van der Waals surface area contributed by atoms with Crippen LogP contribution in [0.4, 0.5) is 51.2 Å². The number of hydrogen-bond acceptors (Lipinski definition) is 4. The molecular weight excluding hydrogens is 946 g/mol. The van der Waals surface area contributed by atoms with E-state index in [-0.39, 0.29) is 33.8 Å². The van der Waals surface area contributed by atoms with Crippen LogP contribution in [0, 0.1) is 20.8 Å². The zero-order chi connectivity index (χ0) is 54.6. The van der Waals surface area contributed by atoms with Crippen molar-refractivity contribution in [3.05, 3.63) is 202 Å². The zero-order valence-corrected chi connectivity index (χ0v) is 48.7. The molecule has 0 bridgehead atoms. The highest BCUT2D eigenvalue weighted by molar-refractivity contribution is 7.00. The minimum atomic E-state index is -0.209. The van der Waals surface area contributed by atoms with E-state index >= 15 is 0 Å². The number of para-hydroxylation sites is 2. The highest BCUT2D eigenvalue weighted by atomic mass is 16.3. The standard InChI is InChI=1S/C73H76BN3O/c1-45-38-63-66-64(39-45)77(61-44-57-56(72(11,12)36-37-73(57,13)14)43-52(61)48-24-16-15-17-25-48)62-42-51(75(59-26-20-18-22-46(59)2)60-27-21-19-23-47(60)3)30-32-58(62)74(66)68-67(53-40-49(69(4,5)6)28-33-65(53)78-68)76(63)50-29-31-54-55(41-50)71(9,10)35-34-70(54,7)8/h15-33,38-44H,34-37H2,1-14H3. The fraction of sp³-hybridized carbons (Fsp3) is 0.315. The molecule has 0 saturated heterocycles. The molecule has 2 aliphatic heterocycles. The van der Waals surface area contributed by atoms with Gasteiger partial charge in [-0.05, 0) is 207 Å². The molecule has 0 amide bonds. The summed E-state index contributed by atoms with van der Waals surface area (Å²) in [5.41, 5.74) is 28.1. The molecule has 0 fully saturated rings. The van der Waals surface area contributed by atoms with Gasteiger partial charge in [0.2, 0.25) is 0 Å². The summed E-state index contributed by atoms with van der Waals surface area (Å²) in [5, 5.41) is 1.15. The Bertz CT molecular complexity index is 3870. The average molecular weight is 1020 g/mol. The molecule has 9 aromatic rings. The third-order valence-corrected chi connectivity index (χ3v) is 19.0. The van der Waals surface area contributed by atoms with Gasteiger partial charge < -0.3 is 19.1 Å². The van der Waals surface area contributed by atoms with Crippen LogP contribution in [-0.4, -0.2) is 6.71 Å². The van der Waals surface area contributed by atoms with Crippen LogP contribution in [0.15, 0.2) is 162 Å². The van der Waals surface area contributed by atoms with Gasteiger partial charge in [-0.25, -0.2) is 0 Å². The summed E-state index contributed by atoms with van der Waals surface area (Å²) in [4.78, 5) is 7.77. The van der Waals surface area contributed by atoms with Crippen LogP contribution in [0.1, 0.15) is 146 Å². The first kappa shape index (κ1) is 50.3. The average Bonchev–Trinajstić information content (AvgIpc) is 3.00. The Morgan fingerprint density at radius 1 is 0.500 bits per heavy atom. The number of anilines is 9. The maximum Gasteiger partial charge on any atom is 0.297 e. The predicted molar refractivity (Wildman–Crippen MR) is 334 cm³/mol. The molecule has 4 aliphatic rings. The molecule has 0 atom stereocenters. The van der Waals surface area contributed by atoms with E-state index in [0.29, 0.717) is 0 Å². The SMILES string of the molecule is Cc1cc2c3c(c1)N(c1ccc4c(c1)C(C)(C)CCC4(C)C)c1c(oc4ccc(C(C)(C)C)cc14)B3c1ccc(N(c3ccccc3C)c3ccccc3C)cc1N2c1cc2c(cc1-c1ccccc1)C(C)(C)CCC2(C)C. The van der Waals surface area contributed by atoms with Crippen molar-refractivity contribution in [3.63, 3.8) is 0 Å². The Labute approximate surface area is 465 Å². The lowest BCUT2D eigenvalue weighted by Gasteiger charge is -2.46. The number of hydrogen-bond donors (Lipinski definition) is 0. The molecule has 3 heterocycles. The summed E-state index contributed by atoms with van der Waals surface area (Å²) in [6, 6.07) is 60.7. The van der Waals surface area contributed by atoms with Crippen LogP contribution in [0.25, 0.3) is 22.1 Å². The smallest absolute Gasteiger partial charge is 0.297 e. The Balaban J connectivity index is 1.17. The molecule has 5 heteroatoms. The third kappa shape index (κ3) is 7.76. The van der Waals surface area contributed by atoms with Crippen LogP contribution < -0.4 is 31.3 Å². The molecule has 2 aliphatic carbocycles. The number of furan rings is 1. The van der Waals surface area contributed by atoms with E-state index in [1.54, 1.807) is 0 Å². The molecule has 0 radical (unpaired) electrons. The van der Waals surface area contributed by atoms with Gasteiger partial charge in [0.05, 0.1) is 17.0 Å². The quantitative estimate of drug-likeness (QED) is 0.155. The van der Waals surface area contributed by atoms with E-state index in [9.17, 15) is 0 Å². The van der Waals surface area contributed by atoms with E-state index in [1.807, 2.05) is 0 Å². The van der Waals surface area contributed by atoms with Crippen LogP contribution in [-0.2, 0) is 27.1 Å². The highest BCUT2D eigenvalue weighted by Crippen LogP contribution is 2.55. The Kier molecular flexibility index (Phi) is 11.2. The van der Waals surface area contributed by atoms with Gasteiger partial charge in [-0.1, -0.05) is 161 Å². The van der Waals surface area contributed by atoms with Gasteiger partial charge in [-0.2, -0.15) is 0 Å². The number of fused-ring (bicyclic) bond motifs is 8. The monoisotopic (exact) mass is 1020 g/mol. The number of nitrogens with zero attached hydrogens (tertiary/aromatic N) is 3. The Hall–Kier alpha value is -7.24. The van der Waals surface area contributed by atoms with Gasteiger partial charge in [0.25, 0.3) is 6.71 Å². The molecule has 1 aromatic heterocycles. The predicted octanol–water partition coefficient (Wildman–Crippen LogP) is 18.6. The second-order valence-electron chi connectivity index (χ2n) is 27.3. The van der Waals surface area contributed by atoms with Crippen molar-refractivity contribution in [1.82, 2.24) is 0 Å². The van der Waals surface area contributed by atoms with Gasteiger partial charge in [0, 0.05) is 50.8 Å². The normalized spacial score (nSPS) is 17.2. The largest absolute Gasteiger partial charge is 0.468 e. The molecule has 4 nitrogen and oxygen atoms in total. The fourth-order valence-corrected chi connectivity index (χ4v) is 14.1. The number of aryl methyl sites for hydroxylation is 3. The van der Waals surface area contributed by atoms with Gasteiger partial charge >= 0.3 is 0 Å². The Morgan fingerprint density at radius 3 is 1.68 bits per heavy atom. The minimum Gasteiger partial charge on any atom is -0.468 e.